The van der Waals surface area contributed by atoms with E-state index in [1.54, 1.807) is 6.20 Å². The lowest BCUT2D eigenvalue weighted by Gasteiger charge is -2.34. The fourth-order valence-electron chi connectivity index (χ4n) is 3.19. The summed E-state index contributed by atoms with van der Waals surface area (Å²) < 4.78 is 11.2. The molecule has 2 fully saturated rings. The number of carbonyl (C=O) groups is 1. The Labute approximate surface area is 142 Å². The highest BCUT2D eigenvalue weighted by atomic mass is 16.5. The Morgan fingerprint density at radius 2 is 2.29 bits per heavy atom. The van der Waals surface area contributed by atoms with Crippen LogP contribution < -0.4 is 5.32 Å². The number of nitrogens with zero attached hydrogens (tertiary/aromatic N) is 3. The van der Waals surface area contributed by atoms with Crippen molar-refractivity contribution < 1.29 is 14.3 Å². The third-order valence-electron chi connectivity index (χ3n) is 4.63. The van der Waals surface area contributed by atoms with E-state index in [4.69, 9.17) is 9.47 Å². The first-order valence-electron chi connectivity index (χ1n) is 8.78. The molecule has 0 saturated carbocycles. The Balaban J connectivity index is 1.39. The molecule has 2 atom stereocenters. The first-order valence-corrected chi connectivity index (χ1v) is 8.78. The number of rotatable bonds is 6. The number of nitrogens with one attached hydrogen (secondary N) is 1. The van der Waals surface area contributed by atoms with Crippen molar-refractivity contribution in [1.29, 1.82) is 0 Å². The number of aromatic nitrogens is 2. The summed E-state index contributed by atoms with van der Waals surface area (Å²) in [5.74, 6) is 0.862. The zero-order valence-corrected chi connectivity index (χ0v) is 14.2. The van der Waals surface area contributed by atoms with Crippen molar-refractivity contribution in [2.75, 3.05) is 31.6 Å². The highest BCUT2D eigenvalue weighted by Crippen LogP contribution is 2.17. The molecule has 24 heavy (non-hydrogen) atoms. The fraction of sp³-hybridized carbons (Fsp3) is 0.706. The number of amides is 1. The van der Waals surface area contributed by atoms with Crippen LogP contribution in [-0.4, -0.2) is 65.6 Å². The van der Waals surface area contributed by atoms with Gasteiger partial charge in [0.05, 0.1) is 12.7 Å². The van der Waals surface area contributed by atoms with Crippen LogP contribution in [0.1, 0.15) is 32.6 Å². The van der Waals surface area contributed by atoms with Crippen LogP contribution in [0.3, 0.4) is 0 Å². The summed E-state index contributed by atoms with van der Waals surface area (Å²) in [5, 5.41) is 11.3. The molecule has 0 unspecified atom stereocenters. The Kier molecular flexibility index (Phi) is 5.98. The van der Waals surface area contributed by atoms with Gasteiger partial charge in [-0.05, 0) is 44.7 Å². The van der Waals surface area contributed by atoms with Gasteiger partial charge in [0.25, 0.3) is 5.91 Å². The summed E-state index contributed by atoms with van der Waals surface area (Å²) in [6.07, 6.45) is 5.33. The topological polar surface area (TPSA) is 76.6 Å². The molecule has 1 N–H and O–H groups in total. The summed E-state index contributed by atoms with van der Waals surface area (Å²) in [7, 11) is 0. The average Bonchev–Trinajstić information content (AvgIpc) is 3.14. The van der Waals surface area contributed by atoms with E-state index in [9.17, 15) is 4.79 Å². The van der Waals surface area contributed by atoms with Crippen molar-refractivity contribution in [2.24, 2.45) is 0 Å². The van der Waals surface area contributed by atoms with E-state index in [-0.39, 0.29) is 12.0 Å². The second-order valence-electron chi connectivity index (χ2n) is 6.46. The average molecular weight is 334 g/mol. The van der Waals surface area contributed by atoms with E-state index < -0.39 is 6.10 Å². The van der Waals surface area contributed by atoms with Gasteiger partial charge in [0.15, 0.2) is 0 Å². The SMILES string of the molecule is C[C@@H](OC[C@@H]1CCCO1)C(=O)N1CCC(Nc2cccnn2)CC1. The van der Waals surface area contributed by atoms with Gasteiger partial charge in [-0.3, -0.25) is 4.79 Å². The van der Waals surface area contributed by atoms with Crippen LogP contribution in [0, 0.1) is 0 Å². The van der Waals surface area contributed by atoms with E-state index in [1.165, 1.54) is 0 Å². The van der Waals surface area contributed by atoms with E-state index in [0.717, 1.165) is 51.2 Å². The summed E-state index contributed by atoms with van der Waals surface area (Å²) in [4.78, 5) is 14.4. The predicted molar refractivity (Wildman–Crippen MR) is 89.6 cm³/mol. The molecule has 132 valence electrons. The van der Waals surface area contributed by atoms with Gasteiger partial charge in [-0.15, -0.1) is 5.10 Å². The Morgan fingerprint density at radius 1 is 1.46 bits per heavy atom. The molecule has 1 amide bonds. The van der Waals surface area contributed by atoms with E-state index in [0.29, 0.717) is 12.6 Å². The molecule has 2 aliphatic heterocycles. The lowest BCUT2D eigenvalue weighted by molar-refractivity contribution is -0.145. The van der Waals surface area contributed by atoms with Crippen LogP contribution in [0.5, 0.6) is 0 Å². The first-order chi connectivity index (χ1) is 11.7. The summed E-state index contributed by atoms with van der Waals surface area (Å²) in [6, 6.07) is 4.10. The van der Waals surface area contributed by atoms with Crippen molar-refractivity contribution >= 4 is 11.7 Å². The van der Waals surface area contributed by atoms with Gasteiger partial charge < -0.3 is 19.7 Å². The van der Waals surface area contributed by atoms with Crippen molar-refractivity contribution in [2.45, 2.75) is 50.9 Å². The molecule has 7 heteroatoms. The molecule has 1 aromatic heterocycles. The second-order valence-corrected chi connectivity index (χ2v) is 6.46. The lowest BCUT2D eigenvalue weighted by Crippen LogP contribution is -2.46. The van der Waals surface area contributed by atoms with Crippen molar-refractivity contribution in [3.05, 3.63) is 18.3 Å². The van der Waals surface area contributed by atoms with Crippen LogP contribution in [0.2, 0.25) is 0 Å². The number of likely N-dealkylation sites (tertiary alicyclic amines) is 1. The molecular formula is C17H26N4O3. The molecule has 1 aromatic rings. The molecule has 2 saturated heterocycles. The number of anilines is 1. The van der Waals surface area contributed by atoms with Crippen LogP contribution in [0.25, 0.3) is 0 Å². The van der Waals surface area contributed by atoms with Gasteiger partial charge in [-0.25, -0.2) is 0 Å². The minimum Gasteiger partial charge on any atom is -0.376 e. The van der Waals surface area contributed by atoms with Crippen molar-refractivity contribution in [3.63, 3.8) is 0 Å². The highest BCUT2D eigenvalue weighted by molar-refractivity contribution is 5.80. The molecule has 0 bridgehead atoms. The van der Waals surface area contributed by atoms with Gasteiger partial charge in [0, 0.05) is 31.9 Å². The zero-order chi connectivity index (χ0) is 16.8. The number of carbonyl (C=O) groups excluding carboxylic acids is 1. The fourth-order valence-corrected chi connectivity index (χ4v) is 3.19. The molecule has 0 aliphatic carbocycles. The monoisotopic (exact) mass is 334 g/mol. The molecule has 7 nitrogen and oxygen atoms in total. The lowest BCUT2D eigenvalue weighted by atomic mass is 10.0. The van der Waals surface area contributed by atoms with Gasteiger partial charge >= 0.3 is 0 Å². The third kappa shape index (κ3) is 4.64. The maximum atomic E-state index is 12.5. The number of ether oxygens (including phenoxy) is 2. The van der Waals surface area contributed by atoms with Gasteiger partial charge in [-0.2, -0.15) is 5.10 Å². The number of hydrogen-bond acceptors (Lipinski definition) is 6. The van der Waals surface area contributed by atoms with E-state index in [1.807, 2.05) is 24.0 Å². The van der Waals surface area contributed by atoms with E-state index in [2.05, 4.69) is 15.5 Å². The summed E-state index contributed by atoms with van der Waals surface area (Å²) >= 11 is 0. The smallest absolute Gasteiger partial charge is 0.251 e. The van der Waals surface area contributed by atoms with Crippen molar-refractivity contribution in [3.8, 4) is 0 Å². The van der Waals surface area contributed by atoms with Crippen LogP contribution in [0.15, 0.2) is 18.3 Å². The van der Waals surface area contributed by atoms with Gasteiger partial charge in [0.2, 0.25) is 0 Å². The third-order valence-corrected chi connectivity index (χ3v) is 4.63. The molecule has 0 aromatic carbocycles. The summed E-state index contributed by atoms with van der Waals surface area (Å²) in [5.41, 5.74) is 0. The van der Waals surface area contributed by atoms with E-state index >= 15 is 0 Å². The van der Waals surface area contributed by atoms with Crippen LogP contribution in [0.4, 0.5) is 5.82 Å². The van der Waals surface area contributed by atoms with Crippen LogP contribution in [-0.2, 0) is 14.3 Å². The van der Waals surface area contributed by atoms with Crippen LogP contribution >= 0.6 is 0 Å². The minimum atomic E-state index is -0.404. The molecule has 0 spiro atoms. The molecule has 3 heterocycles. The Bertz CT molecular complexity index is 514. The largest absolute Gasteiger partial charge is 0.376 e. The number of piperidine rings is 1. The minimum absolute atomic E-state index is 0.0750. The zero-order valence-electron chi connectivity index (χ0n) is 14.2. The predicted octanol–water partition coefficient (Wildman–Crippen LogP) is 1.46. The normalized spacial score (nSPS) is 23.2. The Morgan fingerprint density at radius 3 is 2.96 bits per heavy atom. The second kappa shape index (κ2) is 8.39. The first kappa shape index (κ1) is 17.1. The maximum absolute atomic E-state index is 12.5. The van der Waals surface area contributed by atoms with Gasteiger partial charge in [-0.1, -0.05) is 0 Å². The quantitative estimate of drug-likeness (QED) is 0.849. The standard InChI is InChI=1S/C17H26N4O3/c1-13(24-12-15-4-3-11-23-15)17(22)21-9-6-14(7-10-21)19-16-5-2-8-18-20-16/h2,5,8,13-15H,3-4,6-7,9-12H2,1H3,(H,19,20)/t13-,15+/m1/s1. The number of hydrogen-bond donors (Lipinski definition) is 1. The highest BCUT2D eigenvalue weighted by Gasteiger charge is 2.27. The molecule has 2 aliphatic rings. The molecular weight excluding hydrogens is 308 g/mol. The Hall–Kier alpha value is -1.73. The van der Waals surface area contributed by atoms with Crippen molar-refractivity contribution in [1.82, 2.24) is 15.1 Å². The summed E-state index contributed by atoms with van der Waals surface area (Å²) in [6.45, 7) is 4.64. The molecule has 0 radical (unpaired) electrons. The van der Waals surface area contributed by atoms with Gasteiger partial charge in [0.1, 0.15) is 11.9 Å². The maximum Gasteiger partial charge on any atom is 0.251 e. The molecule has 3 rings (SSSR count).